The standard InChI is InChI=1S/C16H20N6O2.HI/c1-10-6-7-12(24-10)11(2)19-16(17-3)18-9-14-20-15(22-21-14)13-5-4-8-23-13;/h4-8,11H,9H2,1-3H3,(H2,17,18,19)(H,20,21,22);1H. The molecule has 1 atom stereocenters. The Hall–Kier alpha value is -2.30. The minimum Gasteiger partial charge on any atom is -0.464 e. The number of nitrogens with one attached hydrogen (secondary N) is 3. The second-order valence-electron chi connectivity index (χ2n) is 5.32. The lowest BCUT2D eigenvalue weighted by Gasteiger charge is -2.15. The van der Waals surface area contributed by atoms with Gasteiger partial charge in [0.2, 0.25) is 5.82 Å². The first-order chi connectivity index (χ1) is 11.7. The number of guanidine groups is 1. The minimum atomic E-state index is -0.00157. The molecule has 0 aliphatic rings. The van der Waals surface area contributed by atoms with Crippen LogP contribution in [0.1, 0.15) is 30.3 Å². The summed E-state index contributed by atoms with van der Waals surface area (Å²) in [6.07, 6.45) is 1.59. The van der Waals surface area contributed by atoms with Crippen LogP contribution in [0.5, 0.6) is 0 Å². The summed E-state index contributed by atoms with van der Waals surface area (Å²) < 4.78 is 10.9. The molecule has 0 amide bonds. The Balaban J connectivity index is 0.00000225. The van der Waals surface area contributed by atoms with E-state index in [1.807, 2.05) is 32.0 Å². The maximum absolute atomic E-state index is 5.61. The van der Waals surface area contributed by atoms with Gasteiger partial charge in [0.1, 0.15) is 17.3 Å². The van der Waals surface area contributed by atoms with Crippen LogP contribution in [0.2, 0.25) is 0 Å². The van der Waals surface area contributed by atoms with Gasteiger partial charge in [-0.1, -0.05) is 0 Å². The number of furan rings is 2. The summed E-state index contributed by atoms with van der Waals surface area (Å²) in [4.78, 5) is 8.58. The second-order valence-corrected chi connectivity index (χ2v) is 5.32. The molecule has 0 saturated heterocycles. The van der Waals surface area contributed by atoms with Crippen LogP contribution in [0, 0.1) is 6.92 Å². The van der Waals surface area contributed by atoms with Gasteiger partial charge in [-0.15, -0.1) is 29.1 Å². The van der Waals surface area contributed by atoms with Gasteiger partial charge >= 0.3 is 0 Å². The van der Waals surface area contributed by atoms with E-state index in [1.165, 1.54) is 0 Å². The minimum absolute atomic E-state index is 0. The van der Waals surface area contributed by atoms with Crippen LogP contribution in [-0.2, 0) is 6.54 Å². The third-order valence-electron chi connectivity index (χ3n) is 3.46. The Labute approximate surface area is 162 Å². The zero-order valence-corrected chi connectivity index (χ0v) is 16.6. The van der Waals surface area contributed by atoms with Crippen molar-refractivity contribution in [2.45, 2.75) is 26.4 Å². The molecule has 3 aromatic heterocycles. The van der Waals surface area contributed by atoms with E-state index < -0.39 is 0 Å². The molecular formula is C16H21IN6O2. The Morgan fingerprint density at radius 1 is 1.36 bits per heavy atom. The van der Waals surface area contributed by atoms with E-state index in [-0.39, 0.29) is 30.0 Å². The van der Waals surface area contributed by atoms with Gasteiger partial charge in [0.05, 0.1) is 18.8 Å². The molecule has 3 aromatic rings. The molecule has 0 fully saturated rings. The number of hydrogen-bond donors (Lipinski definition) is 3. The van der Waals surface area contributed by atoms with Gasteiger partial charge in [0, 0.05) is 7.05 Å². The van der Waals surface area contributed by atoms with Crippen molar-refractivity contribution in [3.63, 3.8) is 0 Å². The number of nitrogens with zero attached hydrogens (tertiary/aromatic N) is 3. The molecule has 0 radical (unpaired) electrons. The Bertz CT molecular complexity index is 808. The number of halogens is 1. The summed E-state index contributed by atoms with van der Waals surface area (Å²) in [5.41, 5.74) is 0. The van der Waals surface area contributed by atoms with E-state index in [4.69, 9.17) is 8.83 Å². The van der Waals surface area contributed by atoms with Gasteiger partial charge < -0.3 is 19.5 Å². The van der Waals surface area contributed by atoms with Crippen LogP contribution in [-0.4, -0.2) is 28.2 Å². The van der Waals surface area contributed by atoms with Gasteiger partial charge in [-0.05, 0) is 38.1 Å². The molecule has 3 heterocycles. The van der Waals surface area contributed by atoms with E-state index in [1.54, 1.807) is 19.4 Å². The molecule has 1 unspecified atom stereocenters. The third kappa shape index (κ3) is 4.84. The van der Waals surface area contributed by atoms with Crippen LogP contribution < -0.4 is 10.6 Å². The van der Waals surface area contributed by atoms with E-state index in [2.05, 4.69) is 30.8 Å². The highest BCUT2D eigenvalue weighted by molar-refractivity contribution is 14.0. The van der Waals surface area contributed by atoms with Crippen LogP contribution in [0.25, 0.3) is 11.6 Å². The average Bonchev–Trinajstić information content (AvgIpc) is 3.31. The molecule has 0 aliphatic carbocycles. The van der Waals surface area contributed by atoms with E-state index in [0.29, 0.717) is 29.9 Å². The van der Waals surface area contributed by atoms with Crippen molar-refractivity contribution in [3.8, 4) is 11.6 Å². The highest BCUT2D eigenvalue weighted by Crippen LogP contribution is 2.16. The predicted octanol–water partition coefficient (Wildman–Crippen LogP) is 3.01. The fourth-order valence-corrected chi connectivity index (χ4v) is 2.21. The summed E-state index contributed by atoms with van der Waals surface area (Å²) in [5.74, 6) is 4.23. The molecule has 0 aromatic carbocycles. The van der Waals surface area contributed by atoms with Gasteiger partial charge in [-0.2, -0.15) is 0 Å². The van der Waals surface area contributed by atoms with Gasteiger partial charge in [-0.25, -0.2) is 4.98 Å². The molecule has 9 heteroatoms. The lowest BCUT2D eigenvalue weighted by molar-refractivity contribution is 0.441. The average molecular weight is 456 g/mol. The Morgan fingerprint density at radius 3 is 2.84 bits per heavy atom. The number of aryl methyl sites for hydroxylation is 1. The molecule has 0 spiro atoms. The van der Waals surface area contributed by atoms with E-state index >= 15 is 0 Å². The number of rotatable bonds is 5. The van der Waals surface area contributed by atoms with Crippen molar-refractivity contribution in [3.05, 3.63) is 47.9 Å². The first-order valence-electron chi connectivity index (χ1n) is 7.64. The lowest BCUT2D eigenvalue weighted by Crippen LogP contribution is -2.38. The zero-order valence-electron chi connectivity index (χ0n) is 14.2. The summed E-state index contributed by atoms with van der Waals surface area (Å²) in [6, 6.07) is 7.50. The molecule has 8 nitrogen and oxygen atoms in total. The highest BCUT2D eigenvalue weighted by Gasteiger charge is 2.12. The Kier molecular flexibility index (Phi) is 6.62. The summed E-state index contributed by atoms with van der Waals surface area (Å²) in [5, 5.41) is 13.5. The van der Waals surface area contributed by atoms with Crippen molar-refractivity contribution in [1.29, 1.82) is 0 Å². The first kappa shape index (κ1) is 19.0. The number of aromatic amines is 1. The van der Waals surface area contributed by atoms with Crippen molar-refractivity contribution in [2.24, 2.45) is 4.99 Å². The molecule has 0 saturated carbocycles. The largest absolute Gasteiger partial charge is 0.464 e. The predicted molar refractivity (Wildman–Crippen MR) is 105 cm³/mol. The third-order valence-corrected chi connectivity index (χ3v) is 3.46. The quantitative estimate of drug-likeness (QED) is 0.310. The summed E-state index contributed by atoms with van der Waals surface area (Å²) in [6.45, 7) is 4.38. The fourth-order valence-electron chi connectivity index (χ4n) is 2.21. The molecule has 0 aliphatic heterocycles. The van der Waals surface area contributed by atoms with Gasteiger partial charge in [0.15, 0.2) is 11.7 Å². The SMILES string of the molecule is CN=C(NCc1nc(-c2ccco2)n[nH]1)NC(C)c1ccc(C)o1.I. The maximum Gasteiger partial charge on any atom is 0.216 e. The van der Waals surface area contributed by atoms with Crippen LogP contribution >= 0.6 is 24.0 Å². The highest BCUT2D eigenvalue weighted by atomic mass is 127. The van der Waals surface area contributed by atoms with Crippen LogP contribution in [0.4, 0.5) is 0 Å². The monoisotopic (exact) mass is 456 g/mol. The second kappa shape index (κ2) is 8.70. The molecule has 3 rings (SSSR count). The molecule has 0 bridgehead atoms. The number of aliphatic imine (C=N–C) groups is 1. The van der Waals surface area contributed by atoms with Crippen molar-refractivity contribution >= 4 is 29.9 Å². The van der Waals surface area contributed by atoms with Crippen molar-refractivity contribution < 1.29 is 8.83 Å². The maximum atomic E-state index is 5.61. The van der Waals surface area contributed by atoms with Crippen molar-refractivity contribution in [2.75, 3.05) is 7.05 Å². The molecule has 134 valence electrons. The lowest BCUT2D eigenvalue weighted by atomic mass is 10.2. The van der Waals surface area contributed by atoms with Crippen molar-refractivity contribution in [1.82, 2.24) is 25.8 Å². The summed E-state index contributed by atoms with van der Waals surface area (Å²) in [7, 11) is 1.71. The molecular weight excluding hydrogens is 435 g/mol. The number of hydrogen-bond acceptors (Lipinski definition) is 5. The van der Waals surface area contributed by atoms with E-state index in [9.17, 15) is 0 Å². The normalized spacial score (nSPS) is 12.5. The topological polar surface area (TPSA) is 104 Å². The first-order valence-corrected chi connectivity index (χ1v) is 7.64. The molecule has 3 N–H and O–H groups in total. The van der Waals surface area contributed by atoms with Gasteiger partial charge in [0.25, 0.3) is 0 Å². The van der Waals surface area contributed by atoms with Crippen LogP contribution in [0.15, 0.2) is 44.4 Å². The Morgan fingerprint density at radius 2 is 2.20 bits per heavy atom. The van der Waals surface area contributed by atoms with Gasteiger partial charge in [-0.3, -0.25) is 10.1 Å². The summed E-state index contributed by atoms with van der Waals surface area (Å²) >= 11 is 0. The smallest absolute Gasteiger partial charge is 0.216 e. The number of H-pyrrole nitrogens is 1. The van der Waals surface area contributed by atoms with Crippen LogP contribution in [0.3, 0.4) is 0 Å². The van der Waals surface area contributed by atoms with E-state index in [0.717, 1.165) is 11.5 Å². The fraction of sp³-hybridized carbons (Fsp3) is 0.312. The molecule has 25 heavy (non-hydrogen) atoms. The number of aromatic nitrogens is 3. The zero-order chi connectivity index (χ0) is 16.9.